The summed E-state index contributed by atoms with van der Waals surface area (Å²) in [5, 5.41) is 14.9. The molecule has 0 heterocycles. The van der Waals surface area contributed by atoms with Gasteiger partial charge in [0.15, 0.2) is 6.04 Å². The van der Waals surface area contributed by atoms with Crippen molar-refractivity contribution in [1.82, 2.24) is 10.6 Å². The maximum absolute atomic E-state index is 13.4. The van der Waals surface area contributed by atoms with Crippen LogP contribution >= 0.6 is 11.6 Å². The molecule has 0 radical (unpaired) electrons. The first-order valence-electron chi connectivity index (χ1n) is 13.4. The lowest BCUT2D eigenvalue weighted by atomic mass is 10.1. The zero-order chi connectivity index (χ0) is 32.4. The van der Waals surface area contributed by atoms with Crippen molar-refractivity contribution >= 4 is 35.5 Å². The van der Waals surface area contributed by atoms with E-state index in [0.29, 0.717) is 22.1 Å². The molecule has 3 N–H and O–H groups in total. The molecule has 0 saturated heterocycles. The maximum Gasteiger partial charge on any atom is 0.416 e. The van der Waals surface area contributed by atoms with Gasteiger partial charge in [0.2, 0.25) is 0 Å². The summed E-state index contributed by atoms with van der Waals surface area (Å²) < 4.78 is 50.3. The van der Waals surface area contributed by atoms with E-state index in [1.54, 1.807) is 72.8 Å². The normalized spacial score (nSPS) is 12.2. The number of halogens is 4. The van der Waals surface area contributed by atoms with Crippen LogP contribution in [0.25, 0.3) is 6.08 Å². The Kier molecular flexibility index (Phi) is 11.0. The number of aliphatic carboxylic acids is 1. The van der Waals surface area contributed by atoms with E-state index in [4.69, 9.17) is 21.1 Å². The van der Waals surface area contributed by atoms with E-state index in [0.717, 1.165) is 29.8 Å². The van der Waals surface area contributed by atoms with E-state index < -0.39 is 35.6 Å². The van der Waals surface area contributed by atoms with Crippen LogP contribution in [0, 0.1) is 0 Å². The second-order valence-electron chi connectivity index (χ2n) is 9.58. The van der Waals surface area contributed by atoms with Gasteiger partial charge in [0.05, 0.1) is 18.8 Å². The molecular formula is C33H26ClF3N2O6. The largest absolute Gasteiger partial charge is 0.480 e. The highest BCUT2D eigenvalue weighted by Crippen LogP contribution is 2.29. The lowest BCUT2D eigenvalue weighted by Gasteiger charge is -2.17. The Morgan fingerprint density at radius 3 is 2.20 bits per heavy atom. The highest BCUT2D eigenvalue weighted by molar-refractivity contribution is 6.30. The number of rotatable bonds is 12. The number of alkyl halides is 3. The third kappa shape index (κ3) is 9.95. The predicted octanol–water partition coefficient (Wildman–Crippen LogP) is 6.71. The summed E-state index contributed by atoms with van der Waals surface area (Å²) in [7, 11) is 0. The van der Waals surface area contributed by atoms with Gasteiger partial charge in [-0.15, -0.1) is 0 Å². The number of benzene rings is 4. The van der Waals surface area contributed by atoms with E-state index in [9.17, 15) is 32.7 Å². The first-order valence-corrected chi connectivity index (χ1v) is 13.7. The molecule has 0 aliphatic carbocycles. The van der Waals surface area contributed by atoms with Crippen molar-refractivity contribution < 1.29 is 42.1 Å². The van der Waals surface area contributed by atoms with Crippen LogP contribution in [-0.4, -0.2) is 35.5 Å². The minimum atomic E-state index is -4.60. The first-order chi connectivity index (χ1) is 21.5. The van der Waals surface area contributed by atoms with Crippen LogP contribution in [0.4, 0.5) is 13.2 Å². The van der Waals surface area contributed by atoms with Crippen molar-refractivity contribution in [2.75, 3.05) is 6.61 Å². The van der Waals surface area contributed by atoms with Gasteiger partial charge in [-0.05, 0) is 77.9 Å². The van der Waals surface area contributed by atoms with Crippen LogP contribution in [0.5, 0.6) is 11.5 Å². The first kappa shape index (κ1) is 32.8. The quantitative estimate of drug-likeness (QED) is 0.149. The van der Waals surface area contributed by atoms with E-state index >= 15 is 0 Å². The Labute approximate surface area is 261 Å². The summed E-state index contributed by atoms with van der Waals surface area (Å²) in [6.07, 6.45) is -3.33. The van der Waals surface area contributed by atoms with Crippen LogP contribution in [-0.2, 0) is 27.1 Å². The molecule has 0 aliphatic rings. The summed E-state index contributed by atoms with van der Waals surface area (Å²) in [4.78, 5) is 38.3. The molecule has 1 atom stereocenters. The topological polar surface area (TPSA) is 114 Å². The van der Waals surface area contributed by atoms with Crippen molar-refractivity contribution in [3.63, 3.8) is 0 Å². The van der Waals surface area contributed by atoms with Gasteiger partial charge in [0.1, 0.15) is 17.2 Å². The molecule has 4 aromatic carbocycles. The second-order valence-corrected chi connectivity index (χ2v) is 10.0. The number of carboxylic acid groups (broad SMARTS) is 1. The Bertz CT molecular complexity index is 1660. The smallest absolute Gasteiger partial charge is 0.416 e. The van der Waals surface area contributed by atoms with Gasteiger partial charge in [-0.3, -0.25) is 9.59 Å². The summed E-state index contributed by atoms with van der Waals surface area (Å²) in [6, 6.07) is 23.9. The van der Waals surface area contributed by atoms with Crippen molar-refractivity contribution in [2.24, 2.45) is 0 Å². The fraction of sp³-hybridized carbons (Fsp3) is 0.121. The van der Waals surface area contributed by atoms with Crippen molar-refractivity contribution in [3.05, 3.63) is 136 Å². The van der Waals surface area contributed by atoms with Gasteiger partial charge in [0.25, 0.3) is 11.8 Å². The number of amides is 2. The summed E-state index contributed by atoms with van der Waals surface area (Å²) in [5.41, 5.74) is -0.324. The molecule has 12 heteroatoms. The van der Waals surface area contributed by atoms with Crippen molar-refractivity contribution in [2.45, 2.75) is 18.8 Å². The molecule has 0 aromatic heterocycles. The fourth-order valence-electron chi connectivity index (χ4n) is 3.92. The SMILES string of the molecule is O=C(N[C@@H](COCc1ccccc1)C(=O)O)/C(=C\c1cccc(Oc2ccc(Cl)cc2)c1)NC(=O)c1ccc(C(F)(F)F)cc1. The minimum absolute atomic E-state index is 0.0915. The Hall–Kier alpha value is -5.13. The average molecular weight is 639 g/mol. The molecule has 0 bridgehead atoms. The second kappa shape index (κ2) is 15.0. The van der Waals surface area contributed by atoms with Crippen LogP contribution in [0.1, 0.15) is 27.0 Å². The summed E-state index contributed by atoms with van der Waals surface area (Å²) >= 11 is 5.92. The lowest BCUT2D eigenvalue weighted by Crippen LogP contribution is -2.46. The van der Waals surface area contributed by atoms with Gasteiger partial charge in [-0.1, -0.05) is 54.1 Å². The zero-order valence-electron chi connectivity index (χ0n) is 23.4. The molecule has 4 rings (SSSR count). The number of nitrogens with one attached hydrogen (secondary N) is 2. The molecule has 4 aromatic rings. The van der Waals surface area contributed by atoms with Crippen LogP contribution in [0.2, 0.25) is 5.02 Å². The average Bonchev–Trinajstić information content (AvgIpc) is 3.01. The molecule has 8 nitrogen and oxygen atoms in total. The van der Waals surface area contributed by atoms with Gasteiger partial charge >= 0.3 is 12.1 Å². The fourth-order valence-corrected chi connectivity index (χ4v) is 4.04. The maximum atomic E-state index is 13.4. The van der Waals surface area contributed by atoms with E-state index in [1.165, 1.54) is 6.08 Å². The number of carboxylic acids is 1. The molecule has 0 aliphatic heterocycles. The molecular weight excluding hydrogens is 613 g/mol. The van der Waals surface area contributed by atoms with Crippen molar-refractivity contribution in [3.8, 4) is 11.5 Å². The van der Waals surface area contributed by atoms with E-state index in [-0.39, 0.29) is 24.5 Å². The van der Waals surface area contributed by atoms with Gasteiger partial charge in [-0.25, -0.2) is 4.79 Å². The third-order valence-corrected chi connectivity index (χ3v) is 6.44. The summed E-state index contributed by atoms with van der Waals surface area (Å²) in [5.74, 6) is -2.41. The highest BCUT2D eigenvalue weighted by atomic mass is 35.5. The number of carbonyl (C=O) groups is 3. The summed E-state index contributed by atoms with van der Waals surface area (Å²) in [6.45, 7) is -0.297. The standard InChI is InChI=1S/C33H26ClF3N2O6/c34-25-13-15-26(16-14-25)45-27-8-4-7-22(17-27)18-28(38-30(40)23-9-11-24(12-10-23)33(35,36)37)31(41)39-29(32(42)43)20-44-19-21-5-2-1-3-6-21/h1-18,29H,19-20H2,(H,38,40)(H,39,41)(H,42,43)/b28-18+/t29-/m0/s1. The molecule has 0 saturated carbocycles. The van der Waals surface area contributed by atoms with Gasteiger partial charge in [0, 0.05) is 10.6 Å². The molecule has 45 heavy (non-hydrogen) atoms. The monoisotopic (exact) mass is 638 g/mol. The number of hydrogen-bond donors (Lipinski definition) is 3. The van der Waals surface area contributed by atoms with E-state index in [2.05, 4.69) is 10.6 Å². The minimum Gasteiger partial charge on any atom is -0.480 e. The molecule has 2 amide bonds. The Morgan fingerprint density at radius 2 is 1.56 bits per heavy atom. The lowest BCUT2D eigenvalue weighted by molar-refractivity contribution is -0.143. The zero-order valence-corrected chi connectivity index (χ0v) is 24.1. The van der Waals surface area contributed by atoms with Gasteiger partial charge < -0.3 is 25.2 Å². The molecule has 0 fully saturated rings. The molecule has 232 valence electrons. The van der Waals surface area contributed by atoms with Crippen LogP contribution in [0.15, 0.2) is 109 Å². The van der Waals surface area contributed by atoms with Crippen LogP contribution in [0.3, 0.4) is 0 Å². The predicted molar refractivity (Wildman–Crippen MR) is 161 cm³/mol. The number of carbonyl (C=O) groups excluding carboxylic acids is 2. The number of hydrogen-bond acceptors (Lipinski definition) is 5. The van der Waals surface area contributed by atoms with Crippen molar-refractivity contribution in [1.29, 1.82) is 0 Å². The highest BCUT2D eigenvalue weighted by Gasteiger charge is 2.30. The molecule has 0 unspecified atom stereocenters. The number of ether oxygens (including phenoxy) is 2. The van der Waals surface area contributed by atoms with Gasteiger partial charge in [-0.2, -0.15) is 13.2 Å². The molecule has 0 spiro atoms. The Morgan fingerprint density at radius 1 is 0.867 bits per heavy atom. The third-order valence-electron chi connectivity index (χ3n) is 6.19. The van der Waals surface area contributed by atoms with Crippen LogP contribution < -0.4 is 15.4 Å². The van der Waals surface area contributed by atoms with E-state index in [1.807, 2.05) is 6.07 Å². The Balaban J connectivity index is 1.56.